The zero-order chi connectivity index (χ0) is 12.0. The molecule has 0 radical (unpaired) electrons. The van der Waals surface area contributed by atoms with Crippen molar-refractivity contribution in [1.29, 1.82) is 0 Å². The molecule has 5 heteroatoms. The van der Waals surface area contributed by atoms with Crippen molar-refractivity contribution in [2.45, 2.75) is 32.5 Å². The predicted octanol–water partition coefficient (Wildman–Crippen LogP) is 0.587. The highest BCUT2D eigenvalue weighted by atomic mass is 16.5. The molecule has 1 heterocycles. The lowest BCUT2D eigenvalue weighted by molar-refractivity contribution is -0.152. The Labute approximate surface area is 96.3 Å². The van der Waals surface area contributed by atoms with Crippen molar-refractivity contribution < 1.29 is 19.4 Å². The third-order valence-electron chi connectivity index (χ3n) is 2.75. The van der Waals surface area contributed by atoms with Crippen LogP contribution in [0.5, 0.6) is 0 Å². The Bertz CT molecular complexity index is 222. The molecule has 5 nitrogen and oxygen atoms in total. The lowest BCUT2D eigenvalue weighted by Gasteiger charge is -2.33. The number of nitrogens with zero attached hydrogens (tertiary/aromatic N) is 1. The quantitative estimate of drug-likeness (QED) is 0.725. The molecule has 1 fully saturated rings. The summed E-state index contributed by atoms with van der Waals surface area (Å²) in [6.45, 7) is 7.02. The fourth-order valence-electron chi connectivity index (χ4n) is 1.83. The minimum atomic E-state index is -0.888. The highest BCUT2D eigenvalue weighted by Crippen LogP contribution is 2.09. The number of hydrogen-bond acceptors (Lipinski definition) is 4. The predicted molar refractivity (Wildman–Crippen MR) is 59.5 cm³/mol. The number of carboxylic acids is 1. The first-order valence-electron chi connectivity index (χ1n) is 5.85. The average molecular weight is 231 g/mol. The van der Waals surface area contributed by atoms with Crippen molar-refractivity contribution >= 4 is 5.97 Å². The van der Waals surface area contributed by atoms with E-state index in [0.717, 1.165) is 19.5 Å². The summed E-state index contributed by atoms with van der Waals surface area (Å²) < 4.78 is 10.7. The van der Waals surface area contributed by atoms with Crippen LogP contribution in [-0.2, 0) is 14.3 Å². The van der Waals surface area contributed by atoms with Gasteiger partial charge in [0.25, 0.3) is 0 Å². The molecule has 1 N–H and O–H groups in total. The smallest absolute Gasteiger partial charge is 0.334 e. The molecule has 0 aliphatic carbocycles. The standard InChI is InChI=1S/C11H21NO4/c1-3-9-7-12(5-6-16-9)8-10(11(13)14)15-4-2/h9-10H,3-8H2,1-2H3,(H,13,14). The fourth-order valence-corrected chi connectivity index (χ4v) is 1.83. The maximum absolute atomic E-state index is 10.9. The Morgan fingerprint density at radius 3 is 2.94 bits per heavy atom. The Balaban J connectivity index is 2.41. The van der Waals surface area contributed by atoms with Crippen molar-refractivity contribution in [3.8, 4) is 0 Å². The van der Waals surface area contributed by atoms with Gasteiger partial charge in [0.2, 0.25) is 0 Å². The second kappa shape index (κ2) is 6.83. The fraction of sp³-hybridized carbons (Fsp3) is 0.909. The van der Waals surface area contributed by atoms with E-state index in [9.17, 15) is 4.79 Å². The molecule has 1 saturated heterocycles. The third-order valence-corrected chi connectivity index (χ3v) is 2.75. The highest BCUT2D eigenvalue weighted by molar-refractivity contribution is 5.72. The van der Waals surface area contributed by atoms with E-state index in [2.05, 4.69) is 11.8 Å². The number of carboxylic acid groups (broad SMARTS) is 1. The van der Waals surface area contributed by atoms with Crippen LogP contribution < -0.4 is 0 Å². The monoisotopic (exact) mass is 231 g/mol. The molecule has 2 atom stereocenters. The lowest BCUT2D eigenvalue weighted by Crippen LogP contribution is -2.47. The molecule has 0 saturated carbocycles. The first-order valence-corrected chi connectivity index (χ1v) is 5.85. The number of ether oxygens (including phenoxy) is 2. The average Bonchev–Trinajstić information content (AvgIpc) is 2.28. The summed E-state index contributed by atoms with van der Waals surface area (Å²) in [6, 6.07) is 0. The Morgan fingerprint density at radius 2 is 2.38 bits per heavy atom. The van der Waals surface area contributed by atoms with Crippen molar-refractivity contribution in [2.75, 3.05) is 32.8 Å². The Morgan fingerprint density at radius 1 is 1.62 bits per heavy atom. The lowest BCUT2D eigenvalue weighted by atomic mass is 10.2. The van der Waals surface area contributed by atoms with Gasteiger partial charge in [-0.25, -0.2) is 4.79 Å². The molecule has 1 rings (SSSR count). The van der Waals surface area contributed by atoms with E-state index < -0.39 is 12.1 Å². The van der Waals surface area contributed by atoms with Gasteiger partial charge in [-0.05, 0) is 13.3 Å². The number of rotatable bonds is 6. The summed E-state index contributed by atoms with van der Waals surface area (Å²) in [5, 5.41) is 8.98. The maximum atomic E-state index is 10.9. The van der Waals surface area contributed by atoms with Crippen LogP contribution in [-0.4, -0.2) is 61.0 Å². The van der Waals surface area contributed by atoms with Gasteiger partial charge >= 0.3 is 5.97 Å². The van der Waals surface area contributed by atoms with E-state index in [1.807, 2.05) is 6.92 Å². The molecule has 0 spiro atoms. The molecule has 0 aromatic carbocycles. The van der Waals surface area contributed by atoms with Crippen molar-refractivity contribution in [2.24, 2.45) is 0 Å². The summed E-state index contributed by atoms with van der Waals surface area (Å²) in [5.74, 6) is -0.888. The van der Waals surface area contributed by atoms with Gasteiger partial charge in [0, 0.05) is 26.2 Å². The molecule has 0 aromatic heterocycles. The molecule has 1 aliphatic heterocycles. The highest BCUT2D eigenvalue weighted by Gasteiger charge is 2.25. The molecule has 1 aliphatic rings. The Kier molecular flexibility index (Phi) is 5.73. The largest absolute Gasteiger partial charge is 0.479 e. The normalized spacial score (nSPS) is 24.2. The number of aliphatic carboxylic acids is 1. The van der Waals surface area contributed by atoms with Gasteiger partial charge in [-0.1, -0.05) is 6.92 Å². The summed E-state index contributed by atoms with van der Waals surface area (Å²) in [4.78, 5) is 13.0. The minimum Gasteiger partial charge on any atom is -0.479 e. The van der Waals surface area contributed by atoms with Gasteiger partial charge in [0.15, 0.2) is 6.10 Å². The number of carbonyl (C=O) groups is 1. The second-order valence-electron chi connectivity index (χ2n) is 3.94. The summed E-state index contributed by atoms with van der Waals surface area (Å²) in [5.41, 5.74) is 0. The molecule has 0 aromatic rings. The van der Waals surface area contributed by atoms with Gasteiger partial charge < -0.3 is 14.6 Å². The van der Waals surface area contributed by atoms with Crippen LogP contribution in [0.2, 0.25) is 0 Å². The first-order chi connectivity index (χ1) is 7.67. The third kappa shape index (κ3) is 4.08. The molecule has 0 amide bonds. The maximum Gasteiger partial charge on any atom is 0.334 e. The first kappa shape index (κ1) is 13.4. The van der Waals surface area contributed by atoms with E-state index in [1.54, 1.807) is 0 Å². The molecule has 16 heavy (non-hydrogen) atoms. The van der Waals surface area contributed by atoms with Gasteiger partial charge in [-0.3, -0.25) is 4.90 Å². The van der Waals surface area contributed by atoms with Crippen LogP contribution in [0.1, 0.15) is 20.3 Å². The van der Waals surface area contributed by atoms with Gasteiger partial charge in [0.1, 0.15) is 0 Å². The van der Waals surface area contributed by atoms with Gasteiger partial charge in [-0.2, -0.15) is 0 Å². The molecule has 2 unspecified atom stereocenters. The minimum absolute atomic E-state index is 0.227. The van der Waals surface area contributed by atoms with E-state index >= 15 is 0 Å². The van der Waals surface area contributed by atoms with Gasteiger partial charge in [-0.15, -0.1) is 0 Å². The van der Waals surface area contributed by atoms with E-state index in [-0.39, 0.29) is 6.10 Å². The second-order valence-corrected chi connectivity index (χ2v) is 3.94. The molecular weight excluding hydrogens is 210 g/mol. The van der Waals surface area contributed by atoms with Crippen LogP contribution >= 0.6 is 0 Å². The van der Waals surface area contributed by atoms with E-state index in [1.165, 1.54) is 0 Å². The van der Waals surface area contributed by atoms with E-state index in [4.69, 9.17) is 14.6 Å². The topological polar surface area (TPSA) is 59.0 Å². The molecule has 0 bridgehead atoms. The van der Waals surface area contributed by atoms with Crippen molar-refractivity contribution in [1.82, 2.24) is 4.90 Å². The Hall–Kier alpha value is -0.650. The summed E-state index contributed by atoms with van der Waals surface area (Å²) in [6.07, 6.45) is 0.466. The summed E-state index contributed by atoms with van der Waals surface area (Å²) >= 11 is 0. The SMILES string of the molecule is CCOC(CN1CCOC(CC)C1)C(=O)O. The van der Waals surface area contributed by atoms with Crippen LogP contribution in [0.4, 0.5) is 0 Å². The van der Waals surface area contributed by atoms with E-state index in [0.29, 0.717) is 19.8 Å². The zero-order valence-electron chi connectivity index (χ0n) is 10.0. The van der Waals surface area contributed by atoms with Crippen LogP contribution in [0, 0.1) is 0 Å². The van der Waals surface area contributed by atoms with Crippen molar-refractivity contribution in [3.05, 3.63) is 0 Å². The van der Waals surface area contributed by atoms with Crippen LogP contribution in [0.3, 0.4) is 0 Å². The zero-order valence-corrected chi connectivity index (χ0v) is 10.0. The summed E-state index contributed by atoms with van der Waals surface area (Å²) in [7, 11) is 0. The number of morpholine rings is 1. The van der Waals surface area contributed by atoms with Gasteiger partial charge in [0.05, 0.1) is 12.7 Å². The molecule has 94 valence electrons. The number of hydrogen-bond donors (Lipinski definition) is 1. The van der Waals surface area contributed by atoms with Crippen LogP contribution in [0.25, 0.3) is 0 Å². The van der Waals surface area contributed by atoms with Crippen molar-refractivity contribution in [3.63, 3.8) is 0 Å². The van der Waals surface area contributed by atoms with Crippen LogP contribution in [0.15, 0.2) is 0 Å². The molecular formula is C11H21NO4.